The second kappa shape index (κ2) is 3.90. The van der Waals surface area contributed by atoms with Crippen molar-refractivity contribution in [3.63, 3.8) is 0 Å². The van der Waals surface area contributed by atoms with Crippen molar-refractivity contribution >= 4 is 10.9 Å². The van der Waals surface area contributed by atoms with E-state index in [9.17, 15) is 0 Å². The highest BCUT2D eigenvalue weighted by Gasteiger charge is 2.05. The van der Waals surface area contributed by atoms with Gasteiger partial charge in [-0.1, -0.05) is 0 Å². The van der Waals surface area contributed by atoms with Crippen molar-refractivity contribution in [2.45, 2.75) is 19.5 Å². The molecule has 0 saturated heterocycles. The predicted molar refractivity (Wildman–Crippen MR) is 59.9 cm³/mol. The van der Waals surface area contributed by atoms with Crippen LogP contribution in [0.5, 0.6) is 5.75 Å². The molecule has 1 aromatic carbocycles. The van der Waals surface area contributed by atoms with Crippen LogP contribution in [0.2, 0.25) is 0 Å². The largest absolute Gasteiger partial charge is 0.497 e. The van der Waals surface area contributed by atoms with Crippen molar-refractivity contribution in [3.8, 4) is 5.75 Å². The van der Waals surface area contributed by atoms with Crippen LogP contribution in [0.4, 0.5) is 0 Å². The Bertz CT molecular complexity index is 462. The van der Waals surface area contributed by atoms with Crippen molar-refractivity contribution < 1.29 is 4.74 Å². The molecule has 0 amide bonds. The second-order valence-electron chi connectivity index (χ2n) is 3.73. The van der Waals surface area contributed by atoms with E-state index < -0.39 is 0 Å². The van der Waals surface area contributed by atoms with Crippen LogP contribution in [0, 0.1) is 0 Å². The molecule has 0 aliphatic heterocycles. The van der Waals surface area contributed by atoms with Crippen molar-refractivity contribution in [2.75, 3.05) is 7.11 Å². The summed E-state index contributed by atoms with van der Waals surface area (Å²) >= 11 is 0. The highest BCUT2D eigenvalue weighted by molar-refractivity contribution is 5.80. The minimum atomic E-state index is 0.0966. The summed E-state index contributed by atoms with van der Waals surface area (Å²) in [5.41, 5.74) is 6.81. The zero-order valence-electron chi connectivity index (χ0n) is 8.97. The third-order valence-corrected chi connectivity index (χ3v) is 2.31. The van der Waals surface area contributed by atoms with Crippen LogP contribution in [0.1, 0.15) is 6.92 Å². The van der Waals surface area contributed by atoms with Gasteiger partial charge in [0.2, 0.25) is 0 Å². The van der Waals surface area contributed by atoms with Gasteiger partial charge < -0.3 is 10.5 Å². The second-order valence-corrected chi connectivity index (χ2v) is 3.73. The van der Waals surface area contributed by atoms with E-state index in [2.05, 4.69) is 5.10 Å². The summed E-state index contributed by atoms with van der Waals surface area (Å²) < 4.78 is 7.08. The topological polar surface area (TPSA) is 53.1 Å². The molecule has 0 aliphatic rings. The number of benzene rings is 1. The molecule has 4 heteroatoms. The fourth-order valence-corrected chi connectivity index (χ4v) is 1.60. The lowest BCUT2D eigenvalue weighted by atomic mass is 10.2. The average molecular weight is 205 g/mol. The molecule has 1 heterocycles. The third-order valence-electron chi connectivity index (χ3n) is 2.31. The molecular formula is C11H15N3O. The van der Waals surface area contributed by atoms with Crippen LogP contribution in [0.25, 0.3) is 10.9 Å². The van der Waals surface area contributed by atoms with Gasteiger partial charge in [-0.3, -0.25) is 4.68 Å². The SMILES string of the molecule is COc1ccc2cnn(CC(C)N)c2c1. The van der Waals surface area contributed by atoms with Crippen LogP contribution in [0.15, 0.2) is 24.4 Å². The number of rotatable bonds is 3. The minimum absolute atomic E-state index is 0.0966. The van der Waals surface area contributed by atoms with E-state index in [1.807, 2.05) is 36.0 Å². The zero-order chi connectivity index (χ0) is 10.8. The summed E-state index contributed by atoms with van der Waals surface area (Å²) in [4.78, 5) is 0. The fraction of sp³-hybridized carbons (Fsp3) is 0.364. The Hall–Kier alpha value is -1.55. The van der Waals surface area contributed by atoms with Gasteiger partial charge in [-0.25, -0.2) is 0 Å². The lowest BCUT2D eigenvalue weighted by molar-refractivity contribution is 0.415. The summed E-state index contributed by atoms with van der Waals surface area (Å²) in [5.74, 6) is 0.842. The maximum Gasteiger partial charge on any atom is 0.121 e. The molecule has 0 radical (unpaired) electrons. The molecule has 1 aromatic heterocycles. The first-order valence-corrected chi connectivity index (χ1v) is 4.96. The molecule has 2 aromatic rings. The normalized spacial score (nSPS) is 13.0. The monoisotopic (exact) mass is 205 g/mol. The van der Waals surface area contributed by atoms with Gasteiger partial charge in [0.15, 0.2) is 0 Å². The standard InChI is InChI=1S/C11H15N3O/c1-8(12)7-14-11-5-10(15-2)4-3-9(11)6-13-14/h3-6,8H,7,12H2,1-2H3. The molecule has 15 heavy (non-hydrogen) atoms. The molecular weight excluding hydrogens is 190 g/mol. The summed E-state index contributed by atoms with van der Waals surface area (Å²) in [7, 11) is 1.66. The Balaban J connectivity index is 2.46. The Morgan fingerprint density at radius 3 is 3.00 bits per heavy atom. The first-order valence-electron chi connectivity index (χ1n) is 4.96. The fourth-order valence-electron chi connectivity index (χ4n) is 1.60. The van der Waals surface area contributed by atoms with Crippen LogP contribution < -0.4 is 10.5 Å². The van der Waals surface area contributed by atoms with E-state index >= 15 is 0 Å². The number of hydrogen-bond donors (Lipinski definition) is 1. The van der Waals surface area contributed by atoms with E-state index in [4.69, 9.17) is 10.5 Å². The molecule has 2 rings (SSSR count). The summed E-state index contributed by atoms with van der Waals surface area (Å²) in [6, 6.07) is 6.00. The lowest BCUT2D eigenvalue weighted by Gasteiger charge is -2.07. The quantitative estimate of drug-likeness (QED) is 0.823. The highest BCUT2D eigenvalue weighted by atomic mass is 16.5. The number of aromatic nitrogens is 2. The van der Waals surface area contributed by atoms with Gasteiger partial charge in [0, 0.05) is 17.5 Å². The molecule has 1 atom stereocenters. The van der Waals surface area contributed by atoms with Crippen LogP contribution in [-0.4, -0.2) is 22.9 Å². The van der Waals surface area contributed by atoms with Crippen molar-refractivity contribution in [1.82, 2.24) is 9.78 Å². The van der Waals surface area contributed by atoms with E-state index in [0.29, 0.717) is 0 Å². The van der Waals surface area contributed by atoms with Crippen molar-refractivity contribution in [3.05, 3.63) is 24.4 Å². The van der Waals surface area contributed by atoms with Gasteiger partial charge in [0.1, 0.15) is 5.75 Å². The van der Waals surface area contributed by atoms with Gasteiger partial charge in [-0.05, 0) is 19.1 Å². The van der Waals surface area contributed by atoms with Gasteiger partial charge in [0.05, 0.1) is 25.4 Å². The molecule has 0 fully saturated rings. The number of methoxy groups -OCH3 is 1. The number of nitrogens with two attached hydrogens (primary N) is 1. The molecule has 1 unspecified atom stereocenters. The van der Waals surface area contributed by atoms with Crippen LogP contribution in [0.3, 0.4) is 0 Å². The molecule has 0 spiro atoms. The van der Waals surface area contributed by atoms with Gasteiger partial charge in [-0.2, -0.15) is 5.10 Å². The van der Waals surface area contributed by atoms with E-state index in [1.165, 1.54) is 0 Å². The summed E-state index contributed by atoms with van der Waals surface area (Å²) in [5, 5.41) is 5.40. The molecule has 0 bridgehead atoms. The molecule has 2 N–H and O–H groups in total. The maximum atomic E-state index is 5.75. The summed E-state index contributed by atoms with van der Waals surface area (Å²) in [6.45, 7) is 2.68. The van der Waals surface area contributed by atoms with E-state index in [0.717, 1.165) is 23.2 Å². The van der Waals surface area contributed by atoms with E-state index in [1.54, 1.807) is 7.11 Å². The molecule has 0 saturated carbocycles. The number of nitrogens with zero attached hydrogens (tertiary/aromatic N) is 2. The lowest BCUT2D eigenvalue weighted by Crippen LogP contribution is -2.22. The van der Waals surface area contributed by atoms with E-state index in [-0.39, 0.29) is 6.04 Å². The van der Waals surface area contributed by atoms with Crippen LogP contribution in [-0.2, 0) is 6.54 Å². The maximum absolute atomic E-state index is 5.75. The highest BCUT2D eigenvalue weighted by Crippen LogP contribution is 2.20. The minimum Gasteiger partial charge on any atom is -0.497 e. The zero-order valence-corrected chi connectivity index (χ0v) is 8.97. The van der Waals surface area contributed by atoms with Gasteiger partial charge in [-0.15, -0.1) is 0 Å². The van der Waals surface area contributed by atoms with Gasteiger partial charge >= 0.3 is 0 Å². The Kier molecular flexibility index (Phi) is 2.60. The Labute approximate surface area is 88.6 Å². The van der Waals surface area contributed by atoms with Crippen molar-refractivity contribution in [1.29, 1.82) is 0 Å². The number of fused-ring (bicyclic) bond motifs is 1. The number of hydrogen-bond acceptors (Lipinski definition) is 3. The first-order chi connectivity index (χ1) is 7.20. The van der Waals surface area contributed by atoms with Gasteiger partial charge in [0.25, 0.3) is 0 Å². The summed E-state index contributed by atoms with van der Waals surface area (Å²) in [6.07, 6.45) is 1.84. The molecule has 0 aliphatic carbocycles. The average Bonchev–Trinajstić information content (AvgIpc) is 2.60. The Morgan fingerprint density at radius 2 is 2.33 bits per heavy atom. The Morgan fingerprint density at radius 1 is 1.53 bits per heavy atom. The third kappa shape index (κ3) is 1.94. The van der Waals surface area contributed by atoms with Crippen molar-refractivity contribution in [2.24, 2.45) is 5.73 Å². The molecule has 4 nitrogen and oxygen atoms in total. The smallest absolute Gasteiger partial charge is 0.121 e. The first kappa shape index (κ1) is 9.98. The van der Waals surface area contributed by atoms with Crippen LogP contribution >= 0.6 is 0 Å². The molecule has 80 valence electrons. The predicted octanol–water partition coefficient (Wildman–Crippen LogP) is 1.39. The number of ether oxygens (including phenoxy) is 1.